The quantitative estimate of drug-likeness (QED) is 0.656. The Morgan fingerprint density at radius 1 is 1.53 bits per heavy atom. The third-order valence-corrected chi connectivity index (χ3v) is 3.01. The van der Waals surface area contributed by atoms with Crippen molar-refractivity contribution in [3.63, 3.8) is 0 Å². The molecule has 0 bridgehead atoms. The summed E-state index contributed by atoms with van der Waals surface area (Å²) < 4.78 is 0. The van der Waals surface area contributed by atoms with Gasteiger partial charge in [-0.15, -0.1) is 0 Å². The maximum absolute atomic E-state index is 11.0. The van der Waals surface area contributed by atoms with Crippen LogP contribution in [0.2, 0.25) is 0 Å². The van der Waals surface area contributed by atoms with Gasteiger partial charge in [-0.2, -0.15) is 0 Å². The average molecular weight is 215 g/mol. The number of carbonyl (C=O) groups excluding carboxylic acids is 1. The molecule has 4 nitrogen and oxygen atoms in total. The number of amides is 1. The van der Waals surface area contributed by atoms with Crippen LogP contribution in [-0.4, -0.2) is 36.0 Å². The van der Waals surface area contributed by atoms with Gasteiger partial charge in [0, 0.05) is 12.6 Å². The number of nitrogens with zero attached hydrogens (tertiary/aromatic N) is 1. The first kappa shape index (κ1) is 14.4. The number of primary amides is 1. The monoisotopic (exact) mass is 215 g/mol. The zero-order chi connectivity index (χ0) is 12.1. The molecule has 4 heteroatoms. The van der Waals surface area contributed by atoms with Gasteiger partial charge in [-0.05, 0) is 33.7 Å². The Kier molecular flexibility index (Phi) is 5.83. The standard InChI is InChI=1S/C11H25N3O/c1-5-6-9(2)14(4)8-7-11(3,13)10(12)15/h9H,5-8,13H2,1-4H3,(H2,12,15). The molecule has 2 unspecified atom stereocenters. The highest BCUT2D eigenvalue weighted by Crippen LogP contribution is 2.09. The fourth-order valence-electron chi connectivity index (χ4n) is 1.39. The van der Waals surface area contributed by atoms with Gasteiger partial charge in [-0.25, -0.2) is 0 Å². The zero-order valence-electron chi connectivity index (χ0n) is 10.4. The molecule has 1 amide bonds. The lowest BCUT2D eigenvalue weighted by Crippen LogP contribution is -2.51. The third-order valence-electron chi connectivity index (χ3n) is 3.01. The largest absolute Gasteiger partial charge is 0.368 e. The van der Waals surface area contributed by atoms with Crippen molar-refractivity contribution in [1.29, 1.82) is 0 Å². The Labute approximate surface area is 93.0 Å². The number of hydrogen-bond donors (Lipinski definition) is 2. The molecule has 0 radical (unpaired) electrons. The Balaban J connectivity index is 3.99. The highest BCUT2D eigenvalue weighted by Gasteiger charge is 2.26. The van der Waals surface area contributed by atoms with Crippen molar-refractivity contribution in [2.75, 3.05) is 13.6 Å². The van der Waals surface area contributed by atoms with E-state index in [9.17, 15) is 4.79 Å². The fourth-order valence-corrected chi connectivity index (χ4v) is 1.39. The molecule has 0 spiro atoms. The van der Waals surface area contributed by atoms with Crippen molar-refractivity contribution in [3.05, 3.63) is 0 Å². The van der Waals surface area contributed by atoms with E-state index in [-0.39, 0.29) is 0 Å². The number of hydrogen-bond acceptors (Lipinski definition) is 3. The molecule has 2 atom stereocenters. The first-order valence-corrected chi connectivity index (χ1v) is 5.60. The van der Waals surface area contributed by atoms with Crippen molar-refractivity contribution in [3.8, 4) is 0 Å². The van der Waals surface area contributed by atoms with Crippen LogP contribution in [0.5, 0.6) is 0 Å². The Morgan fingerprint density at radius 2 is 2.07 bits per heavy atom. The lowest BCUT2D eigenvalue weighted by atomic mass is 9.98. The summed E-state index contributed by atoms with van der Waals surface area (Å²) in [6.45, 7) is 6.84. The number of rotatable bonds is 7. The van der Waals surface area contributed by atoms with Crippen LogP contribution in [0.3, 0.4) is 0 Å². The van der Waals surface area contributed by atoms with Gasteiger partial charge in [0.15, 0.2) is 0 Å². The van der Waals surface area contributed by atoms with Crippen LogP contribution in [0, 0.1) is 0 Å². The molecule has 90 valence electrons. The topological polar surface area (TPSA) is 72.3 Å². The maximum Gasteiger partial charge on any atom is 0.237 e. The molecular weight excluding hydrogens is 190 g/mol. The second kappa shape index (κ2) is 6.08. The van der Waals surface area contributed by atoms with Crippen molar-refractivity contribution in [2.45, 2.75) is 51.6 Å². The molecule has 0 fully saturated rings. The maximum atomic E-state index is 11.0. The molecule has 0 aliphatic heterocycles. The molecule has 0 aromatic carbocycles. The van der Waals surface area contributed by atoms with Crippen LogP contribution in [0.1, 0.15) is 40.0 Å². The molecule has 0 aromatic heterocycles. The molecule has 0 heterocycles. The Bertz CT molecular complexity index is 204. The van der Waals surface area contributed by atoms with E-state index >= 15 is 0 Å². The van der Waals surface area contributed by atoms with E-state index in [1.807, 2.05) is 0 Å². The summed E-state index contributed by atoms with van der Waals surface area (Å²) in [7, 11) is 2.05. The van der Waals surface area contributed by atoms with Crippen LogP contribution < -0.4 is 11.5 Å². The van der Waals surface area contributed by atoms with Crippen LogP contribution in [0.15, 0.2) is 0 Å². The van der Waals surface area contributed by atoms with Crippen LogP contribution >= 0.6 is 0 Å². The first-order chi connectivity index (χ1) is 6.81. The third kappa shape index (κ3) is 5.14. The highest BCUT2D eigenvalue weighted by molar-refractivity contribution is 5.83. The van der Waals surface area contributed by atoms with Crippen molar-refractivity contribution < 1.29 is 4.79 Å². The minimum Gasteiger partial charge on any atom is -0.368 e. The Morgan fingerprint density at radius 3 is 2.47 bits per heavy atom. The molecule has 0 aromatic rings. The summed E-state index contributed by atoms with van der Waals surface area (Å²) >= 11 is 0. The van der Waals surface area contributed by atoms with Gasteiger partial charge in [0.05, 0.1) is 5.54 Å². The molecule has 0 aliphatic carbocycles. The van der Waals surface area contributed by atoms with Gasteiger partial charge in [-0.3, -0.25) is 4.79 Å². The molecule has 4 N–H and O–H groups in total. The normalized spacial score (nSPS) is 17.5. The van der Waals surface area contributed by atoms with E-state index in [2.05, 4.69) is 25.8 Å². The van der Waals surface area contributed by atoms with Crippen LogP contribution in [0.4, 0.5) is 0 Å². The van der Waals surface area contributed by atoms with E-state index in [0.29, 0.717) is 12.5 Å². The minimum absolute atomic E-state index is 0.431. The Hall–Kier alpha value is -0.610. The van der Waals surface area contributed by atoms with Crippen LogP contribution in [-0.2, 0) is 4.79 Å². The lowest BCUT2D eigenvalue weighted by Gasteiger charge is -2.28. The SMILES string of the molecule is CCCC(C)N(C)CCC(C)(N)C(N)=O. The predicted molar refractivity (Wildman–Crippen MR) is 63.4 cm³/mol. The zero-order valence-corrected chi connectivity index (χ0v) is 10.4. The van der Waals surface area contributed by atoms with Crippen molar-refractivity contribution >= 4 is 5.91 Å². The van der Waals surface area contributed by atoms with Crippen LogP contribution in [0.25, 0.3) is 0 Å². The molecule has 0 saturated carbocycles. The van der Waals surface area contributed by atoms with E-state index in [4.69, 9.17) is 11.5 Å². The van der Waals surface area contributed by atoms with Crippen molar-refractivity contribution in [2.24, 2.45) is 11.5 Å². The smallest absolute Gasteiger partial charge is 0.237 e. The van der Waals surface area contributed by atoms with Crippen molar-refractivity contribution in [1.82, 2.24) is 4.90 Å². The van der Waals surface area contributed by atoms with Gasteiger partial charge < -0.3 is 16.4 Å². The fraction of sp³-hybridized carbons (Fsp3) is 0.909. The summed E-state index contributed by atoms with van der Waals surface area (Å²) in [5, 5.41) is 0. The van der Waals surface area contributed by atoms with Gasteiger partial charge in [0.2, 0.25) is 5.91 Å². The second-order valence-corrected chi connectivity index (χ2v) is 4.65. The second-order valence-electron chi connectivity index (χ2n) is 4.65. The molecule has 0 aliphatic rings. The summed E-state index contributed by atoms with van der Waals surface area (Å²) in [6.07, 6.45) is 2.93. The van der Waals surface area contributed by atoms with Gasteiger partial charge in [0.25, 0.3) is 0 Å². The van der Waals surface area contributed by atoms with E-state index < -0.39 is 11.4 Å². The first-order valence-electron chi connectivity index (χ1n) is 5.60. The lowest BCUT2D eigenvalue weighted by molar-refractivity contribution is -0.122. The van der Waals surface area contributed by atoms with E-state index in [1.165, 1.54) is 6.42 Å². The highest BCUT2D eigenvalue weighted by atomic mass is 16.1. The number of nitrogens with two attached hydrogens (primary N) is 2. The average Bonchev–Trinajstić information content (AvgIpc) is 2.14. The van der Waals surface area contributed by atoms with E-state index in [1.54, 1.807) is 6.92 Å². The van der Waals surface area contributed by atoms with E-state index in [0.717, 1.165) is 13.0 Å². The van der Waals surface area contributed by atoms with Gasteiger partial charge in [0.1, 0.15) is 0 Å². The summed E-state index contributed by atoms with van der Waals surface area (Å²) in [6, 6.07) is 0.527. The molecule has 0 saturated heterocycles. The van der Waals surface area contributed by atoms with Gasteiger partial charge in [-0.1, -0.05) is 13.3 Å². The minimum atomic E-state index is -0.889. The summed E-state index contributed by atoms with van der Waals surface area (Å²) in [5.41, 5.74) is 10.1. The summed E-state index contributed by atoms with van der Waals surface area (Å²) in [4.78, 5) is 13.2. The number of carbonyl (C=O) groups is 1. The predicted octanol–water partition coefficient (Wildman–Crippen LogP) is 0.700. The van der Waals surface area contributed by atoms with Gasteiger partial charge >= 0.3 is 0 Å². The molecule has 0 rings (SSSR count). The summed E-state index contributed by atoms with van der Waals surface area (Å²) in [5.74, 6) is -0.431. The molecule has 15 heavy (non-hydrogen) atoms. The molecular formula is C11H25N3O.